The smallest absolute Gasteiger partial charge is 0.347 e. The quantitative estimate of drug-likeness (QED) is 0.735. The van der Waals surface area contributed by atoms with E-state index in [0.29, 0.717) is 10.9 Å². The van der Waals surface area contributed by atoms with Crippen molar-refractivity contribution in [2.45, 2.75) is 25.9 Å². The zero-order chi connectivity index (χ0) is 18.1. The molecule has 4 rings (SSSR count). The third-order valence-corrected chi connectivity index (χ3v) is 5.05. The van der Waals surface area contributed by atoms with Gasteiger partial charge in [0.05, 0.1) is 6.20 Å². The minimum Gasteiger partial charge on any atom is -0.485 e. The molecular formula is C19H16N2O4S. The molecule has 6 nitrogen and oxygen atoms in total. The first-order valence-electron chi connectivity index (χ1n) is 8.17. The molecule has 0 bridgehead atoms. The van der Waals surface area contributed by atoms with Crippen molar-refractivity contribution in [2.75, 3.05) is 0 Å². The number of carboxylic acid groups (broad SMARTS) is 1. The Kier molecular flexibility index (Phi) is 4.30. The number of carboxylic acids is 1. The molecule has 1 unspecified atom stereocenters. The minimum atomic E-state index is -1.01. The van der Waals surface area contributed by atoms with Crippen molar-refractivity contribution in [2.24, 2.45) is 0 Å². The largest absolute Gasteiger partial charge is 0.485 e. The number of aromatic carboxylic acids is 1. The highest BCUT2D eigenvalue weighted by atomic mass is 32.1. The minimum absolute atomic E-state index is 0.000504. The van der Waals surface area contributed by atoms with Gasteiger partial charge in [-0.3, -0.25) is 4.98 Å². The third kappa shape index (κ3) is 3.39. The molecule has 1 aromatic carbocycles. The Morgan fingerprint density at radius 1 is 1.27 bits per heavy atom. The highest BCUT2D eigenvalue weighted by molar-refractivity contribution is 7.15. The fourth-order valence-electron chi connectivity index (χ4n) is 2.84. The lowest BCUT2D eigenvalue weighted by molar-refractivity contribution is 0.0702. The van der Waals surface area contributed by atoms with Crippen LogP contribution < -0.4 is 9.47 Å². The summed E-state index contributed by atoms with van der Waals surface area (Å²) < 4.78 is 11.8. The van der Waals surface area contributed by atoms with Gasteiger partial charge in [-0.1, -0.05) is 17.4 Å². The number of ether oxygens (including phenoxy) is 2. The highest BCUT2D eigenvalue weighted by Crippen LogP contribution is 2.37. The molecule has 3 aromatic rings. The third-order valence-electron chi connectivity index (χ3n) is 4.18. The average Bonchev–Trinajstić information content (AvgIpc) is 3.11. The Hall–Kier alpha value is -2.93. The van der Waals surface area contributed by atoms with Gasteiger partial charge in [-0.15, -0.1) is 0 Å². The summed E-state index contributed by atoms with van der Waals surface area (Å²) >= 11 is 1.00. The van der Waals surface area contributed by atoms with Crippen LogP contribution in [0.4, 0.5) is 0 Å². The van der Waals surface area contributed by atoms with Crippen molar-refractivity contribution in [3.8, 4) is 16.7 Å². The molecule has 0 amide bonds. The fourth-order valence-corrected chi connectivity index (χ4v) is 3.46. The number of benzene rings is 1. The van der Waals surface area contributed by atoms with Crippen LogP contribution in [0.3, 0.4) is 0 Å². The Morgan fingerprint density at radius 3 is 2.88 bits per heavy atom. The molecule has 3 heterocycles. The molecule has 1 aliphatic rings. The summed E-state index contributed by atoms with van der Waals surface area (Å²) in [7, 11) is 0. The second-order valence-corrected chi connectivity index (χ2v) is 7.04. The van der Waals surface area contributed by atoms with Crippen LogP contribution >= 0.6 is 11.3 Å². The number of carbonyl (C=O) groups is 1. The van der Waals surface area contributed by atoms with Gasteiger partial charge in [0.25, 0.3) is 5.19 Å². The van der Waals surface area contributed by atoms with Crippen LogP contribution in [-0.4, -0.2) is 21.0 Å². The molecule has 2 aromatic heterocycles. The highest BCUT2D eigenvalue weighted by Gasteiger charge is 2.22. The average molecular weight is 368 g/mol. The summed E-state index contributed by atoms with van der Waals surface area (Å²) in [5, 5.41) is 9.26. The number of hydrogen-bond donors (Lipinski definition) is 1. The normalized spacial score (nSPS) is 15.8. The molecular weight excluding hydrogens is 352 g/mol. The molecule has 132 valence electrons. The second kappa shape index (κ2) is 6.76. The Morgan fingerprint density at radius 2 is 2.15 bits per heavy atom. The van der Waals surface area contributed by atoms with Crippen molar-refractivity contribution >= 4 is 17.3 Å². The van der Waals surface area contributed by atoms with Gasteiger partial charge in [0.2, 0.25) is 0 Å². The first-order chi connectivity index (χ1) is 12.6. The van der Waals surface area contributed by atoms with Crippen molar-refractivity contribution in [1.29, 1.82) is 0 Å². The van der Waals surface area contributed by atoms with Gasteiger partial charge in [0.15, 0.2) is 0 Å². The van der Waals surface area contributed by atoms with E-state index in [1.807, 2.05) is 31.3 Å². The monoisotopic (exact) mass is 368 g/mol. The summed E-state index contributed by atoms with van der Waals surface area (Å²) in [5.41, 5.74) is 3.12. The molecule has 1 aliphatic heterocycles. The van der Waals surface area contributed by atoms with Crippen LogP contribution in [0.25, 0.3) is 0 Å². The number of rotatable bonds is 4. The van der Waals surface area contributed by atoms with Gasteiger partial charge in [-0.2, -0.15) is 0 Å². The first-order valence-corrected chi connectivity index (χ1v) is 8.99. The first kappa shape index (κ1) is 16.5. The predicted molar refractivity (Wildman–Crippen MR) is 96.3 cm³/mol. The Bertz CT molecular complexity index is 952. The van der Waals surface area contributed by atoms with Gasteiger partial charge in [-0.05, 0) is 49.6 Å². The Labute approximate surface area is 154 Å². The molecule has 1 atom stereocenters. The lowest BCUT2D eigenvalue weighted by Crippen LogP contribution is -2.15. The summed E-state index contributed by atoms with van der Waals surface area (Å²) in [6.07, 6.45) is 4.89. The zero-order valence-electron chi connectivity index (χ0n) is 14.0. The van der Waals surface area contributed by atoms with Crippen molar-refractivity contribution in [3.63, 3.8) is 0 Å². The van der Waals surface area contributed by atoms with E-state index in [0.717, 1.165) is 46.7 Å². The van der Waals surface area contributed by atoms with Crippen LogP contribution in [0.2, 0.25) is 0 Å². The number of aromatic nitrogens is 2. The molecule has 1 N–H and O–H groups in total. The van der Waals surface area contributed by atoms with E-state index in [2.05, 4.69) is 16.0 Å². The van der Waals surface area contributed by atoms with Crippen LogP contribution in [0.1, 0.15) is 39.0 Å². The summed E-state index contributed by atoms with van der Waals surface area (Å²) in [6.45, 7) is 1.96. The predicted octanol–water partition coefficient (Wildman–Crippen LogP) is 4.40. The van der Waals surface area contributed by atoms with Crippen molar-refractivity contribution in [1.82, 2.24) is 9.97 Å². The van der Waals surface area contributed by atoms with E-state index in [4.69, 9.17) is 14.6 Å². The summed E-state index contributed by atoms with van der Waals surface area (Å²) in [4.78, 5) is 19.4. The second-order valence-electron chi connectivity index (χ2n) is 6.05. The van der Waals surface area contributed by atoms with E-state index in [1.165, 1.54) is 6.20 Å². The van der Waals surface area contributed by atoms with Gasteiger partial charge in [0.1, 0.15) is 22.5 Å². The van der Waals surface area contributed by atoms with Gasteiger partial charge >= 0.3 is 5.97 Å². The molecule has 0 fully saturated rings. The number of hydrogen-bond acceptors (Lipinski definition) is 6. The van der Waals surface area contributed by atoms with E-state index < -0.39 is 5.97 Å². The van der Waals surface area contributed by atoms with Crippen LogP contribution in [0.15, 0.2) is 42.7 Å². The zero-order valence-corrected chi connectivity index (χ0v) is 14.8. The van der Waals surface area contributed by atoms with Gasteiger partial charge in [-0.25, -0.2) is 9.78 Å². The van der Waals surface area contributed by atoms with E-state index >= 15 is 0 Å². The molecule has 0 spiro atoms. The topological polar surface area (TPSA) is 81.5 Å². The molecule has 0 saturated heterocycles. The van der Waals surface area contributed by atoms with E-state index in [-0.39, 0.29) is 11.0 Å². The lowest BCUT2D eigenvalue weighted by Gasteiger charge is -2.26. The number of aryl methyl sites for hydroxylation is 2. The lowest BCUT2D eigenvalue weighted by atomic mass is 9.98. The van der Waals surface area contributed by atoms with Gasteiger partial charge in [0, 0.05) is 17.5 Å². The standard InChI is InChI=1S/C19H16N2O4S/c1-11-2-3-13(9-20-11)16-6-4-12-8-14(5-7-15(12)25-16)24-19-21-10-17(26-19)18(22)23/h2-3,5,7-10,16H,4,6H2,1H3,(H,22,23). The Balaban J connectivity index is 1.49. The van der Waals surface area contributed by atoms with Crippen LogP contribution in [0.5, 0.6) is 16.7 Å². The van der Waals surface area contributed by atoms with Gasteiger partial charge < -0.3 is 14.6 Å². The van der Waals surface area contributed by atoms with Crippen LogP contribution in [-0.2, 0) is 6.42 Å². The molecule has 0 aliphatic carbocycles. The number of thiazole rings is 1. The molecule has 7 heteroatoms. The van der Waals surface area contributed by atoms with E-state index in [9.17, 15) is 4.79 Å². The maximum Gasteiger partial charge on any atom is 0.347 e. The SMILES string of the molecule is Cc1ccc(C2CCc3cc(Oc4ncc(C(=O)O)s4)ccc3O2)cn1. The summed E-state index contributed by atoms with van der Waals surface area (Å²) in [5.74, 6) is 0.446. The summed E-state index contributed by atoms with van der Waals surface area (Å²) in [6, 6.07) is 9.64. The molecule has 26 heavy (non-hydrogen) atoms. The maximum absolute atomic E-state index is 10.9. The fraction of sp³-hybridized carbons (Fsp3) is 0.211. The van der Waals surface area contributed by atoms with Crippen molar-refractivity contribution in [3.05, 3.63) is 64.4 Å². The number of nitrogens with zero attached hydrogens (tertiary/aromatic N) is 2. The van der Waals surface area contributed by atoms with E-state index in [1.54, 1.807) is 6.07 Å². The molecule has 0 radical (unpaired) electrons. The number of pyridine rings is 1. The maximum atomic E-state index is 10.9. The number of fused-ring (bicyclic) bond motifs is 1. The molecule has 0 saturated carbocycles. The van der Waals surface area contributed by atoms with Crippen molar-refractivity contribution < 1.29 is 19.4 Å². The van der Waals surface area contributed by atoms with Crippen LogP contribution in [0, 0.1) is 6.92 Å².